The van der Waals surface area contributed by atoms with Crippen LogP contribution in [0.1, 0.15) is 154 Å². The lowest BCUT2D eigenvalue weighted by atomic mass is 10.0. The molecule has 0 spiro atoms. The molecule has 794 valence electrons. The van der Waals surface area contributed by atoms with E-state index in [-0.39, 0.29) is 95.4 Å². The van der Waals surface area contributed by atoms with E-state index in [9.17, 15) is 141 Å². The summed E-state index contributed by atoms with van der Waals surface area (Å²) in [6, 6.07) is -7.57. The molecule has 0 saturated carbocycles. The molecule has 18 amide bonds. The number of aromatic nitrogens is 3. The molecule has 8 rings (SSSR count). The number of aliphatic hydroxyl groups is 2. The molecule has 5 heterocycles. The molecule has 5 aromatic rings. The number of nitrogens with one attached hydrogen (secondary N) is 17. The maximum atomic E-state index is 14.9. The second kappa shape index (κ2) is 55.9. The number of carboxylic acids is 4. The Morgan fingerprint density at radius 1 is 0.432 bits per heavy atom. The van der Waals surface area contributed by atoms with E-state index in [4.69, 9.17) is 11.5 Å². The molecule has 0 aliphatic carbocycles. The number of phenolic OH excluding ortho intramolecular Hbond substituents is 1. The zero-order valence-corrected chi connectivity index (χ0v) is 81.2. The van der Waals surface area contributed by atoms with Crippen LogP contribution in [0.2, 0.25) is 0 Å². The minimum atomic E-state index is -1.98. The van der Waals surface area contributed by atoms with Gasteiger partial charge >= 0.3 is 23.9 Å². The number of hydrogen-bond acceptors (Lipinski definition) is 28. The van der Waals surface area contributed by atoms with E-state index in [1.807, 2.05) is 0 Å². The Bertz CT molecular complexity index is 5490. The van der Waals surface area contributed by atoms with Gasteiger partial charge in [-0.2, -0.15) is 0 Å². The molecule has 28 N–H and O–H groups in total. The number of phenols is 1. The molecule has 19 atom stereocenters. The number of aromatic amines is 2. The number of nitrogens with zero attached hydrogens (tertiary/aromatic N) is 4. The van der Waals surface area contributed by atoms with Gasteiger partial charge in [-0.15, -0.1) is 0 Å². The Morgan fingerprint density at radius 3 is 1.43 bits per heavy atom. The summed E-state index contributed by atoms with van der Waals surface area (Å²) < 4.78 is 0. The Kier molecular flexibility index (Phi) is 44.3. The highest BCUT2D eigenvalue weighted by molar-refractivity contribution is 6.03. The fourth-order valence-corrected chi connectivity index (χ4v) is 16.6. The molecular formula is C94H129N23O29. The van der Waals surface area contributed by atoms with Gasteiger partial charge in [0.25, 0.3) is 0 Å². The van der Waals surface area contributed by atoms with Crippen molar-refractivity contribution >= 4 is 141 Å². The summed E-state index contributed by atoms with van der Waals surface area (Å²) in [6.07, 6.45) is -0.620. The van der Waals surface area contributed by atoms with Crippen molar-refractivity contribution in [3.63, 3.8) is 0 Å². The molecule has 3 aliphatic rings. The van der Waals surface area contributed by atoms with Crippen LogP contribution < -0.4 is 91.2 Å². The molecule has 2 aromatic heterocycles. The molecule has 52 heteroatoms. The van der Waals surface area contributed by atoms with Gasteiger partial charge in [0, 0.05) is 87.1 Å². The normalized spacial score (nSPS) is 17.6. The molecule has 52 nitrogen and oxygen atoms in total. The van der Waals surface area contributed by atoms with Gasteiger partial charge < -0.3 is 152 Å². The quantitative estimate of drug-likeness (QED) is 0.0161. The number of aliphatic hydroxyl groups excluding tert-OH is 2. The highest BCUT2D eigenvalue weighted by Crippen LogP contribution is 2.28. The third-order valence-corrected chi connectivity index (χ3v) is 24.6. The van der Waals surface area contributed by atoms with Crippen molar-refractivity contribution in [1.82, 2.24) is 109 Å². The number of carboxylic acid groups (broad SMARTS) is 4. The average molecular weight is 2050 g/mol. The number of nitrogens with two attached hydrogens (primary N) is 2. The van der Waals surface area contributed by atoms with Crippen molar-refractivity contribution in [1.29, 1.82) is 0 Å². The SMILES string of the molecule is C[C@H](N)C(=O)N[C@@H](CCC(=O)O)C(=O)NCC(=O)N[C@@H](CCC(=O)O)C(=O)N[C@@H](Cc1ccccc1)C(=O)N[C@@H](C)C(=O)N[C@H](C(=O)N[C@@H](C)C(=O)N1CCC[C@H]1C(=O)N1CCC[C@H]1C(=O)N[C@@H](C)C(=O)N[C@@H](Cc1cnc[nH]1)C(=O)N[C@@H](Cc1ccc(O)cc1)C(=O)N[C@@H](CO)C(=O)N[C@@H](Cc1c[nH]c2ccccc12)C(=O)N[C@@H](CC(=O)O)C(=O)N1CCC[C@H]1C(=O)N[C@@H](C)C(=O)N[C@@H](CCCCN)C(=O)O)[C@@H](C)O. The first-order valence-electron chi connectivity index (χ1n) is 47.7. The summed E-state index contributed by atoms with van der Waals surface area (Å²) in [4.78, 5) is 315. The lowest BCUT2D eigenvalue weighted by Crippen LogP contribution is -2.61. The molecule has 3 aromatic carbocycles. The van der Waals surface area contributed by atoms with Crippen LogP contribution in [0, 0.1) is 0 Å². The number of likely N-dealkylation sites (tertiary alicyclic amines) is 3. The second-order valence-electron chi connectivity index (χ2n) is 36.0. The highest BCUT2D eigenvalue weighted by Gasteiger charge is 2.47. The molecule has 0 radical (unpaired) electrons. The molecule has 0 bridgehead atoms. The number of aliphatic carboxylic acids is 4. The van der Waals surface area contributed by atoms with E-state index in [1.165, 1.54) is 87.4 Å². The molecule has 3 aliphatic heterocycles. The van der Waals surface area contributed by atoms with E-state index in [2.05, 4.69) is 94.7 Å². The molecule has 146 heavy (non-hydrogen) atoms. The first-order valence-corrected chi connectivity index (χ1v) is 47.7. The minimum absolute atomic E-state index is 0.00383. The Labute approximate surface area is 836 Å². The monoisotopic (exact) mass is 2040 g/mol. The molecule has 0 unspecified atom stereocenters. The van der Waals surface area contributed by atoms with Crippen LogP contribution in [-0.2, 0) is 131 Å². The van der Waals surface area contributed by atoms with Gasteiger partial charge in [-0.25, -0.2) is 9.78 Å². The Morgan fingerprint density at radius 2 is 0.890 bits per heavy atom. The van der Waals surface area contributed by atoms with E-state index < -0.39 is 303 Å². The second-order valence-corrected chi connectivity index (χ2v) is 36.0. The van der Waals surface area contributed by atoms with Gasteiger partial charge in [0.2, 0.25) is 106 Å². The predicted molar refractivity (Wildman–Crippen MR) is 512 cm³/mol. The van der Waals surface area contributed by atoms with Gasteiger partial charge in [0.05, 0.1) is 38.0 Å². The number of carbonyl (C=O) groups is 22. The number of hydrogen-bond donors (Lipinski definition) is 26. The zero-order valence-electron chi connectivity index (χ0n) is 81.2. The van der Waals surface area contributed by atoms with Crippen molar-refractivity contribution in [2.45, 2.75) is 272 Å². The van der Waals surface area contributed by atoms with Gasteiger partial charge in [-0.05, 0) is 154 Å². The number of carbonyl (C=O) groups excluding carboxylic acids is 18. The number of unbranched alkanes of at least 4 members (excludes halogenated alkanes) is 1. The number of amides is 18. The zero-order chi connectivity index (χ0) is 107. The van der Waals surface area contributed by atoms with E-state index in [0.717, 1.165) is 11.8 Å². The summed E-state index contributed by atoms with van der Waals surface area (Å²) in [5.41, 5.74) is 13.1. The van der Waals surface area contributed by atoms with Crippen LogP contribution in [0.25, 0.3) is 10.9 Å². The van der Waals surface area contributed by atoms with Crippen LogP contribution >= 0.6 is 0 Å². The number of para-hydroxylation sites is 1. The van der Waals surface area contributed by atoms with E-state index in [0.29, 0.717) is 40.4 Å². The smallest absolute Gasteiger partial charge is 0.326 e. The fourth-order valence-electron chi connectivity index (χ4n) is 16.6. The minimum Gasteiger partial charge on any atom is -0.508 e. The van der Waals surface area contributed by atoms with Crippen LogP contribution in [0.5, 0.6) is 5.75 Å². The van der Waals surface area contributed by atoms with Crippen LogP contribution in [0.15, 0.2) is 97.6 Å². The fraction of sp³-hybridized carbons (Fsp3) is 0.521. The van der Waals surface area contributed by atoms with Gasteiger partial charge in [-0.3, -0.25) is 101 Å². The predicted octanol–water partition coefficient (Wildman–Crippen LogP) is -7.04. The average Bonchev–Trinajstić information content (AvgIpc) is 1.65. The first kappa shape index (κ1) is 116. The lowest BCUT2D eigenvalue weighted by Gasteiger charge is -2.33. The lowest BCUT2D eigenvalue weighted by molar-refractivity contribution is -0.148. The number of imidazole rings is 1. The Hall–Kier alpha value is -15.6. The summed E-state index contributed by atoms with van der Waals surface area (Å²) in [5.74, 6) is -23.8. The number of aromatic hydroxyl groups is 1. The summed E-state index contributed by atoms with van der Waals surface area (Å²) in [5, 5.41) is 108. The number of rotatable bonds is 56. The van der Waals surface area contributed by atoms with Gasteiger partial charge in [0.15, 0.2) is 0 Å². The summed E-state index contributed by atoms with van der Waals surface area (Å²) in [7, 11) is 0. The first-order chi connectivity index (χ1) is 69.2. The number of H-pyrrole nitrogens is 2. The van der Waals surface area contributed by atoms with Gasteiger partial charge in [0.1, 0.15) is 108 Å². The van der Waals surface area contributed by atoms with Crippen molar-refractivity contribution < 1.29 is 141 Å². The third-order valence-electron chi connectivity index (χ3n) is 24.6. The van der Waals surface area contributed by atoms with Crippen LogP contribution in [-0.4, -0.2) is 350 Å². The Balaban J connectivity index is 0.896. The number of fused-ring (bicyclic) bond motifs is 1. The van der Waals surface area contributed by atoms with Gasteiger partial charge in [-0.1, -0.05) is 60.7 Å². The van der Waals surface area contributed by atoms with Crippen molar-refractivity contribution in [3.8, 4) is 5.75 Å². The van der Waals surface area contributed by atoms with Crippen molar-refractivity contribution in [2.75, 3.05) is 39.3 Å². The maximum Gasteiger partial charge on any atom is 0.326 e. The topological polar surface area (TPSA) is 804 Å². The summed E-state index contributed by atoms with van der Waals surface area (Å²) in [6.45, 7) is 5.49. The van der Waals surface area contributed by atoms with E-state index in [1.54, 1.807) is 54.6 Å². The molecular weight excluding hydrogens is 1920 g/mol. The largest absolute Gasteiger partial charge is 0.508 e. The summed E-state index contributed by atoms with van der Waals surface area (Å²) >= 11 is 0. The third kappa shape index (κ3) is 34.6. The van der Waals surface area contributed by atoms with Crippen molar-refractivity contribution in [3.05, 3.63) is 120 Å². The number of benzene rings is 3. The van der Waals surface area contributed by atoms with Crippen molar-refractivity contribution in [2.24, 2.45) is 11.5 Å². The van der Waals surface area contributed by atoms with E-state index >= 15 is 0 Å². The highest BCUT2D eigenvalue weighted by atomic mass is 16.4. The molecule has 3 saturated heterocycles. The maximum absolute atomic E-state index is 14.9. The van der Waals surface area contributed by atoms with Crippen LogP contribution in [0.4, 0.5) is 0 Å². The van der Waals surface area contributed by atoms with Crippen LogP contribution in [0.3, 0.4) is 0 Å². The molecule has 3 fully saturated rings. The standard InChI is InChI=1S/C94H129N23O29/c1-47(96)77(128)106-60(29-31-73(122)123)81(132)99-44-72(121)105-61(30-32-74(124)125)82(133)109-63(37-53-17-8-7-9-18-53)83(134)101-50(4)80(131)114-76(52(6)119)90(141)104-51(5)91(142)117-36-16-24-71(117)93(144)116-35-15-23-70(116)89(140)103-49(3)79(130)108-66(40-56-43-97-46-100-56)86(137)110-64(38-54-25-27-57(120)28-26-54)84(135)113-68(45-118)87(138)111-65(39-55-42-98-59-20-11-10-19-58(55)59)85(136)112-67(41-75(126)127)92(143)115-34-14-22-69(115)88(139)102-48(2)78(129)107-62(94(145)146)21-12-13-33-95/h7-11,17-20,25-28,42-43,46-52,60-71,76,98,118-120H,12-16,21-24,29-41,44-45,95-96H2,1-6H3,(H,97,100)(H,99,132)(H,101,134)(H,102,139)(H,103,140)(H,104,141)(H,105,121)(H,106,128)(H,107,129)(H,108,130)(H,109,133)(H,110,137)(H,111,138)(H,112,136)(H,113,135)(H,114,131)(H,122,123)(H,124,125)(H,126,127)(H,145,146)/t47-,48-,49-,50-,51-,52+,60-,61-,62-,63-,64-,65-,66-,67-,68-,69-,70-,71-,76-/m0/s1.